The highest BCUT2D eigenvalue weighted by molar-refractivity contribution is 5.95. The maximum atomic E-state index is 12.5. The van der Waals surface area contributed by atoms with Crippen molar-refractivity contribution in [1.82, 2.24) is 14.7 Å². The third-order valence-electron chi connectivity index (χ3n) is 4.70. The Bertz CT molecular complexity index is 1070. The Labute approximate surface area is 155 Å². The summed E-state index contributed by atoms with van der Waals surface area (Å²) in [6.07, 6.45) is 4.31. The van der Waals surface area contributed by atoms with E-state index in [-0.39, 0.29) is 17.5 Å². The molecule has 4 rings (SSSR count). The van der Waals surface area contributed by atoms with Crippen LogP contribution < -0.4 is 20.3 Å². The smallest absolute Gasteiger partial charge is 0.272 e. The molecule has 0 fully saturated rings. The summed E-state index contributed by atoms with van der Waals surface area (Å²) in [5.74, 6) is 1.16. The normalized spacial score (nSPS) is 14.1. The lowest BCUT2D eigenvalue weighted by Crippen LogP contribution is -2.31. The molecule has 140 valence electrons. The van der Waals surface area contributed by atoms with Crippen LogP contribution >= 0.6 is 0 Å². The summed E-state index contributed by atoms with van der Waals surface area (Å²) >= 11 is 0. The van der Waals surface area contributed by atoms with Crippen molar-refractivity contribution in [2.45, 2.75) is 26.3 Å². The van der Waals surface area contributed by atoms with Crippen molar-refractivity contribution in [1.29, 1.82) is 0 Å². The van der Waals surface area contributed by atoms with Crippen LogP contribution in [0.3, 0.4) is 0 Å². The third kappa shape index (κ3) is 3.28. The fourth-order valence-corrected chi connectivity index (χ4v) is 3.02. The molecule has 0 radical (unpaired) electrons. The summed E-state index contributed by atoms with van der Waals surface area (Å²) in [7, 11) is 0. The first-order chi connectivity index (χ1) is 13.0. The van der Waals surface area contributed by atoms with Crippen LogP contribution in [0.5, 0.6) is 11.5 Å². The largest absolute Gasteiger partial charge is 0.486 e. The number of hydrogen-bond acceptors (Lipinski definition) is 4. The van der Waals surface area contributed by atoms with E-state index in [9.17, 15) is 9.59 Å². The van der Waals surface area contributed by atoms with E-state index in [2.05, 4.69) is 10.3 Å². The van der Waals surface area contributed by atoms with Gasteiger partial charge in [0.05, 0.1) is 11.3 Å². The molecular weight excluding hydrogens is 346 g/mol. The van der Waals surface area contributed by atoms with Gasteiger partial charge in [-0.15, -0.1) is 0 Å². The number of fused-ring (bicyclic) bond motifs is 2. The van der Waals surface area contributed by atoms with Gasteiger partial charge in [0.1, 0.15) is 18.7 Å². The minimum absolute atomic E-state index is 0.0760. The number of aromatic amines is 1. The van der Waals surface area contributed by atoms with E-state index in [1.54, 1.807) is 22.9 Å². The van der Waals surface area contributed by atoms with E-state index < -0.39 is 0 Å². The first kappa shape index (κ1) is 17.2. The van der Waals surface area contributed by atoms with E-state index >= 15 is 0 Å². The Morgan fingerprint density at radius 1 is 1.22 bits per heavy atom. The summed E-state index contributed by atoms with van der Waals surface area (Å²) in [6.45, 7) is 4.98. The Kier molecular flexibility index (Phi) is 4.35. The topological polar surface area (TPSA) is 84.8 Å². The summed E-state index contributed by atoms with van der Waals surface area (Å²) in [5, 5.41) is 2.91. The summed E-state index contributed by atoms with van der Waals surface area (Å²) < 4.78 is 12.8. The van der Waals surface area contributed by atoms with E-state index in [1.165, 1.54) is 0 Å². The average molecular weight is 367 g/mol. The van der Waals surface area contributed by atoms with Gasteiger partial charge in [0, 0.05) is 24.0 Å². The molecule has 3 aromatic rings. The molecule has 0 saturated heterocycles. The Morgan fingerprint density at radius 2 is 2.00 bits per heavy atom. The van der Waals surface area contributed by atoms with E-state index in [0.29, 0.717) is 41.5 Å². The molecule has 27 heavy (non-hydrogen) atoms. The third-order valence-corrected chi connectivity index (χ3v) is 4.70. The van der Waals surface area contributed by atoms with Crippen LogP contribution in [-0.4, -0.2) is 34.5 Å². The predicted molar refractivity (Wildman–Crippen MR) is 102 cm³/mol. The maximum absolute atomic E-state index is 12.5. The molecule has 1 atom stereocenters. The quantitative estimate of drug-likeness (QED) is 0.742. The molecule has 0 spiro atoms. The van der Waals surface area contributed by atoms with Gasteiger partial charge in [0.2, 0.25) is 0 Å². The Balaban J connectivity index is 1.71. The number of carbonyl (C=O) groups is 1. The maximum Gasteiger partial charge on any atom is 0.272 e. The van der Waals surface area contributed by atoms with Crippen molar-refractivity contribution >= 4 is 11.4 Å². The number of amides is 1. The van der Waals surface area contributed by atoms with Crippen LogP contribution in [0.4, 0.5) is 0 Å². The molecule has 1 aliphatic heterocycles. The second-order valence-corrected chi connectivity index (χ2v) is 6.66. The summed E-state index contributed by atoms with van der Waals surface area (Å²) in [6, 6.07) is 7.21. The number of hydrogen-bond donors (Lipinski definition) is 2. The van der Waals surface area contributed by atoms with Crippen LogP contribution in [0.15, 0.2) is 41.5 Å². The lowest BCUT2D eigenvalue weighted by Gasteiger charge is -2.18. The van der Waals surface area contributed by atoms with Crippen LogP contribution in [0.1, 0.15) is 30.6 Å². The number of aromatic nitrogens is 2. The van der Waals surface area contributed by atoms with Crippen LogP contribution in [0.25, 0.3) is 16.8 Å². The zero-order valence-electron chi connectivity index (χ0n) is 15.2. The molecule has 2 aromatic heterocycles. The lowest BCUT2D eigenvalue weighted by molar-refractivity contribution is 0.0939. The molecule has 2 N–H and O–H groups in total. The molecule has 0 aliphatic carbocycles. The van der Waals surface area contributed by atoms with Gasteiger partial charge in [0.15, 0.2) is 11.5 Å². The molecule has 7 heteroatoms. The monoisotopic (exact) mass is 367 g/mol. The molecule has 0 unspecified atom stereocenters. The van der Waals surface area contributed by atoms with Gasteiger partial charge in [-0.1, -0.05) is 6.92 Å². The minimum Gasteiger partial charge on any atom is -0.486 e. The van der Waals surface area contributed by atoms with Gasteiger partial charge in [-0.3, -0.25) is 9.59 Å². The van der Waals surface area contributed by atoms with Gasteiger partial charge >= 0.3 is 0 Å². The highest BCUT2D eigenvalue weighted by Crippen LogP contribution is 2.33. The SMILES string of the molecule is CC[C@@H](C)NC(=O)c1cc2c(=O)[nH]c(-c3ccc4c(c3)OCCO4)cn2c1. The molecule has 1 aromatic carbocycles. The standard InChI is InChI=1S/C20H21N3O4/c1-3-12(2)21-19(24)14-8-16-20(25)22-15(11-23(16)10-14)13-4-5-17-18(9-13)27-7-6-26-17/h4-5,8-12H,3,6-7H2,1-2H3,(H,21,24)(H,22,25)/t12-/m1/s1. The van der Waals surface area contributed by atoms with Gasteiger partial charge in [-0.25, -0.2) is 0 Å². The highest BCUT2D eigenvalue weighted by atomic mass is 16.6. The average Bonchev–Trinajstić information content (AvgIpc) is 3.12. The second kappa shape index (κ2) is 6.83. The first-order valence-electron chi connectivity index (χ1n) is 9.01. The number of H-pyrrole nitrogens is 1. The number of nitrogens with one attached hydrogen (secondary N) is 2. The van der Waals surface area contributed by atoms with Crippen molar-refractivity contribution in [3.05, 3.63) is 52.6 Å². The molecular formula is C20H21N3O4. The van der Waals surface area contributed by atoms with Gasteiger partial charge in [-0.2, -0.15) is 0 Å². The fourth-order valence-electron chi connectivity index (χ4n) is 3.02. The van der Waals surface area contributed by atoms with Crippen LogP contribution in [-0.2, 0) is 0 Å². The zero-order valence-corrected chi connectivity index (χ0v) is 15.2. The van der Waals surface area contributed by atoms with Gasteiger partial charge < -0.3 is 24.2 Å². The van der Waals surface area contributed by atoms with Crippen molar-refractivity contribution < 1.29 is 14.3 Å². The Hall–Kier alpha value is -3.22. The fraction of sp³-hybridized carbons (Fsp3) is 0.300. The number of carbonyl (C=O) groups excluding carboxylic acids is 1. The zero-order chi connectivity index (χ0) is 19.0. The molecule has 0 saturated carbocycles. The van der Waals surface area contributed by atoms with E-state index in [0.717, 1.165) is 12.0 Å². The number of ether oxygens (including phenoxy) is 2. The van der Waals surface area contributed by atoms with Crippen molar-refractivity contribution in [3.8, 4) is 22.8 Å². The number of nitrogens with zero attached hydrogens (tertiary/aromatic N) is 1. The predicted octanol–water partition coefficient (Wildman–Crippen LogP) is 2.59. The lowest BCUT2D eigenvalue weighted by atomic mass is 10.1. The van der Waals surface area contributed by atoms with Crippen molar-refractivity contribution in [2.75, 3.05) is 13.2 Å². The van der Waals surface area contributed by atoms with E-state index in [1.807, 2.05) is 32.0 Å². The van der Waals surface area contributed by atoms with E-state index in [4.69, 9.17) is 9.47 Å². The minimum atomic E-state index is -0.259. The van der Waals surface area contributed by atoms with Crippen LogP contribution in [0.2, 0.25) is 0 Å². The van der Waals surface area contributed by atoms with Gasteiger partial charge in [0.25, 0.3) is 11.5 Å². The second-order valence-electron chi connectivity index (χ2n) is 6.66. The number of benzene rings is 1. The first-order valence-corrected chi connectivity index (χ1v) is 9.01. The molecule has 3 heterocycles. The molecule has 7 nitrogen and oxygen atoms in total. The molecule has 1 amide bonds. The Morgan fingerprint density at radius 3 is 2.78 bits per heavy atom. The summed E-state index contributed by atoms with van der Waals surface area (Å²) in [5.41, 5.74) is 2.06. The number of rotatable bonds is 4. The van der Waals surface area contributed by atoms with Crippen LogP contribution in [0, 0.1) is 0 Å². The molecule has 0 bridgehead atoms. The highest BCUT2D eigenvalue weighted by Gasteiger charge is 2.15. The summed E-state index contributed by atoms with van der Waals surface area (Å²) in [4.78, 5) is 27.7. The van der Waals surface area contributed by atoms with Gasteiger partial charge in [-0.05, 0) is 37.6 Å². The van der Waals surface area contributed by atoms with Crippen molar-refractivity contribution in [2.24, 2.45) is 0 Å². The molecule has 1 aliphatic rings. The van der Waals surface area contributed by atoms with Crippen molar-refractivity contribution in [3.63, 3.8) is 0 Å².